The predicted molar refractivity (Wildman–Crippen MR) is 144 cm³/mol. The van der Waals surface area contributed by atoms with E-state index in [1.54, 1.807) is 0 Å². The first kappa shape index (κ1) is 21.4. The van der Waals surface area contributed by atoms with Crippen LogP contribution in [0.5, 0.6) is 0 Å². The van der Waals surface area contributed by atoms with Crippen molar-refractivity contribution in [3.63, 3.8) is 0 Å². The van der Waals surface area contributed by atoms with Gasteiger partial charge in [-0.2, -0.15) is 0 Å². The van der Waals surface area contributed by atoms with Crippen LogP contribution in [0.3, 0.4) is 0 Å². The van der Waals surface area contributed by atoms with Gasteiger partial charge in [0.2, 0.25) is 0 Å². The molecule has 0 bridgehead atoms. The van der Waals surface area contributed by atoms with Gasteiger partial charge in [-0.05, 0) is 13.3 Å². The largest absolute Gasteiger partial charge is 0.232 e. The van der Waals surface area contributed by atoms with Crippen molar-refractivity contribution >= 4 is 42.8 Å². The van der Waals surface area contributed by atoms with E-state index in [0.717, 1.165) is 0 Å². The van der Waals surface area contributed by atoms with Gasteiger partial charge in [-0.1, -0.05) is 121 Å². The second-order valence-corrected chi connectivity index (χ2v) is 17.4. The van der Waals surface area contributed by atoms with E-state index in [9.17, 15) is 0 Å². The first-order valence-electron chi connectivity index (χ1n) is 10.6. The maximum atomic E-state index is 5.84. The fourth-order valence-electron chi connectivity index (χ4n) is 4.13. The minimum Gasteiger partial charge on any atom is -0.232 e. The van der Waals surface area contributed by atoms with Gasteiger partial charge < -0.3 is 0 Å². The normalized spacial score (nSPS) is 17.9. The summed E-state index contributed by atoms with van der Waals surface area (Å²) in [5.41, 5.74) is 0. The van der Waals surface area contributed by atoms with Crippen LogP contribution < -0.4 is 21.2 Å². The van der Waals surface area contributed by atoms with Crippen LogP contribution in [0.25, 0.3) is 0 Å². The second kappa shape index (κ2) is 8.49. The maximum absolute atomic E-state index is 5.84. The van der Waals surface area contributed by atoms with E-state index in [-0.39, 0.29) is 0 Å². The zero-order valence-electron chi connectivity index (χ0n) is 18.2. The summed E-state index contributed by atoms with van der Waals surface area (Å²) in [5.74, 6) is 0. The fraction of sp³-hybridized carbons (Fsp3) is 0.0769. The van der Waals surface area contributed by atoms with E-state index >= 15 is 0 Å². The molecule has 0 saturated carbocycles. The monoisotopic (exact) mass is 473 g/mol. The van der Waals surface area contributed by atoms with Crippen molar-refractivity contribution in [3.05, 3.63) is 121 Å². The molecule has 0 fully saturated rings. The number of nitrogens with zero attached hydrogens (tertiary/aromatic N) is 3. The summed E-state index contributed by atoms with van der Waals surface area (Å²) < 4.78 is 16.9. The highest BCUT2D eigenvalue weighted by Crippen LogP contribution is 2.74. The Morgan fingerprint density at radius 3 is 0.969 bits per heavy atom. The maximum Gasteiger partial charge on any atom is 0.137 e. The highest BCUT2D eigenvalue weighted by molar-refractivity contribution is 7.96. The molecule has 3 nitrogen and oxygen atoms in total. The molecule has 6 heteroatoms. The number of rotatable bonds is 4. The summed E-state index contributed by atoms with van der Waals surface area (Å²) in [6, 6.07) is 42.7. The van der Waals surface area contributed by atoms with Crippen LogP contribution in [0.4, 0.5) is 0 Å². The quantitative estimate of drug-likeness (QED) is 0.289. The lowest BCUT2D eigenvalue weighted by Gasteiger charge is -2.35. The Balaban J connectivity index is 2.00. The van der Waals surface area contributed by atoms with Crippen molar-refractivity contribution < 1.29 is 0 Å². The third-order valence-corrected chi connectivity index (χ3v) is 17.1. The summed E-state index contributed by atoms with van der Waals surface area (Å²) in [5, 5.41) is 4.80. The average molecular weight is 473 g/mol. The Bertz CT molecular complexity index is 1220. The molecule has 4 aromatic rings. The van der Waals surface area contributed by atoms with Crippen LogP contribution >= 0.6 is 21.6 Å². The topological polar surface area (TPSA) is 37.1 Å². The molecule has 0 aromatic heterocycles. The summed E-state index contributed by atoms with van der Waals surface area (Å²) in [4.78, 5) is 0. The molecule has 1 aliphatic rings. The van der Waals surface area contributed by atoms with Gasteiger partial charge >= 0.3 is 0 Å². The zero-order valence-corrected chi connectivity index (χ0v) is 20.9. The molecule has 32 heavy (non-hydrogen) atoms. The highest BCUT2D eigenvalue weighted by Gasteiger charge is 2.37. The average Bonchev–Trinajstić information content (AvgIpc) is 2.85. The van der Waals surface area contributed by atoms with Gasteiger partial charge in [0, 0.05) is 21.2 Å². The molecule has 1 aliphatic heterocycles. The molecule has 0 aliphatic carbocycles. The van der Waals surface area contributed by atoms with E-state index in [0.29, 0.717) is 0 Å². The molecule has 0 N–H and O–H groups in total. The van der Waals surface area contributed by atoms with Gasteiger partial charge in [-0.3, -0.25) is 0 Å². The van der Waals surface area contributed by atoms with Crippen molar-refractivity contribution in [2.75, 3.05) is 13.3 Å². The SMILES string of the molecule is CP1(C)=NP(c2ccccc2)(c2ccccc2)=NP(c2ccccc2)(c2ccccc2)=N1. The molecule has 0 atom stereocenters. The van der Waals surface area contributed by atoms with Crippen LogP contribution in [0.15, 0.2) is 135 Å². The zero-order chi connectivity index (χ0) is 22.1. The standard InChI is InChI=1S/C26H26N3P3/c1-30(2)27-31(23-15-7-3-8-16-23,24-17-9-4-10-18-24)29-32(28-30,25-19-11-5-12-20-25)26-21-13-6-14-22-26/h3-22H,1-2H3. The third-order valence-electron chi connectivity index (χ3n) is 5.42. The molecule has 0 radical (unpaired) electrons. The molecular weight excluding hydrogens is 447 g/mol. The first-order valence-corrected chi connectivity index (χ1v) is 16.6. The molecule has 1 heterocycles. The van der Waals surface area contributed by atoms with Gasteiger partial charge in [0.05, 0.1) is 7.21 Å². The van der Waals surface area contributed by atoms with E-state index in [1.807, 2.05) is 0 Å². The molecule has 160 valence electrons. The fourth-order valence-corrected chi connectivity index (χ4v) is 18.3. The van der Waals surface area contributed by atoms with Gasteiger partial charge in [0.1, 0.15) is 14.4 Å². The Kier molecular flexibility index (Phi) is 5.68. The van der Waals surface area contributed by atoms with E-state index in [4.69, 9.17) is 13.5 Å². The van der Waals surface area contributed by atoms with Crippen LogP contribution in [0, 0.1) is 0 Å². The first-order chi connectivity index (χ1) is 15.5. The Hall–Kier alpha value is -2.43. The van der Waals surface area contributed by atoms with Crippen LogP contribution in [-0.2, 0) is 0 Å². The van der Waals surface area contributed by atoms with Gasteiger partial charge in [0.25, 0.3) is 0 Å². The molecule has 4 aromatic carbocycles. The number of benzene rings is 4. The van der Waals surface area contributed by atoms with Gasteiger partial charge in [-0.25, -0.2) is 13.5 Å². The van der Waals surface area contributed by atoms with E-state index < -0.39 is 21.6 Å². The molecule has 5 rings (SSSR count). The molecular formula is C26H26N3P3. The Morgan fingerprint density at radius 1 is 0.375 bits per heavy atom. The van der Waals surface area contributed by atoms with E-state index in [2.05, 4.69) is 135 Å². The Labute approximate surface area is 190 Å². The van der Waals surface area contributed by atoms with Crippen molar-refractivity contribution in [1.29, 1.82) is 0 Å². The van der Waals surface area contributed by atoms with E-state index in [1.165, 1.54) is 21.2 Å². The van der Waals surface area contributed by atoms with Crippen molar-refractivity contribution in [2.24, 2.45) is 13.5 Å². The van der Waals surface area contributed by atoms with Crippen LogP contribution in [0.2, 0.25) is 0 Å². The second-order valence-electron chi connectivity index (χ2n) is 8.15. The summed E-state index contributed by atoms with van der Waals surface area (Å²) in [6.45, 7) is 4.48. The van der Waals surface area contributed by atoms with Crippen molar-refractivity contribution in [2.45, 2.75) is 0 Å². The minimum absolute atomic E-state index is 1.20. The van der Waals surface area contributed by atoms with Crippen LogP contribution in [0.1, 0.15) is 0 Å². The van der Waals surface area contributed by atoms with Crippen molar-refractivity contribution in [1.82, 2.24) is 0 Å². The lowest BCUT2D eigenvalue weighted by atomic mass is 10.4. The Morgan fingerprint density at radius 2 is 0.656 bits per heavy atom. The molecule has 0 amide bonds. The number of hydrogen-bond donors (Lipinski definition) is 0. The summed E-state index contributed by atoms with van der Waals surface area (Å²) in [7, 11) is -6.81. The highest BCUT2D eigenvalue weighted by atomic mass is 31.2. The van der Waals surface area contributed by atoms with Gasteiger partial charge in [-0.15, -0.1) is 0 Å². The number of hydrogen-bond acceptors (Lipinski definition) is 3. The summed E-state index contributed by atoms with van der Waals surface area (Å²) >= 11 is 0. The molecule has 0 saturated heterocycles. The summed E-state index contributed by atoms with van der Waals surface area (Å²) in [6.07, 6.45) is 0. The molecule has 0 unspecified atom stereocenters. The lowest BCUT2D eigenvalue weighted by molar-refractivity contribution is 1.61. The smallest absolute Gasteiger partial charge is 0.137 e. The van der Waals surface area contributed by atoms with Crippen molar-refractivity contribution in [3.8, 4) is 0 Å². The minimum atomic E-state index is -2.41. The molecule has 0 spiro atoms. The third kappa shape index (κ3) is 3.80. The van der Waals surface area contributed by atoms with Gasteiger partial charge in [0.15, 0.2) is 0 Å². The predicted octanol–water partition coefficient (Wildman–Crippen LogP) is 6.91. The van der Waals surface area contributed by atoms with Crippen LogP contribution in [-0.4, -0.2) is 13.3 Å². The lowest BCUT2D eigenvalue weighted by Crippen LogP contribution is -2.20.